The monoisotopic (exact) mass is 578 g/mol. The van der Waals surface area contributed by atoms with Crippen LogP contribution in [-0.2, 0) is 11.3 Å². The molecule has 2 saturated heterocycles. The molecule has 2 aromatic rings. The summed E-state index contributed by atoms with van der Waals surface area (Å²) in [6, 6.07) is 9.13. The number of anilines is 1. The minimum absolute atomic E-state index is 0.0601. The maximum atomic E-state index is 12.2. The van der Waals surface area contributed by atoms with Crippen molar-refractivity contribution in [3.8, 4) is 5.88 Å². The van der Waals surface area contributed by atoms with Gasteiger partial charge in [0.2, 0.25) is 5.88 Å². The molecular formula is C28H43ClN6O5. The molecule has 1 amide bonds. The number of esters is 1. The molecule has 11 nitrogen and oxygen atoms in total. The minimum Gasteiger partial charge on any atom is -0.480 e. The number of methoxy groups -OCH3 is 1. The number of aliphatic hydroxyl groups excluding tert-OH is 1. The van der Waals surface area contributed by atoms with Crippen LogP contribution < -0.4 is 26.8 Å². The Bertz CT molecular complexity index is 1040. The van der Waals surface area contributed by atoms with Gasteiger partial charge in [0.05, 0.1) is 17.7 Å². The summed E-state index contributed by atoms with van der Waals surface area (Å²) in [4.78, 5) is 29.3. The first-order chi connectivity index (χ1) is 19.4. The zero-order valence-corrected chi connectivity index (χ0v) is 24.2. The minimum atomic E-state index is -0.661. The number of carbonyl (C=O) groups is 2. The fourth-order valence-corrected chi connectivity index (χ4v) is 4.51. The number of nitrogens with one attached hydrogen (secondary N) is 2. The molecule has 3 heterocycles. The number of pyridine rings is 1. The highest BCUT2D eigenvalue weighted by Gasteiger charge is 2.18. The number of ether oxygens (including phenoxy) is 2. The van der Waals surface area contributed by atoms with E-state index in [4.69, 9.17) is 37.6 Å². The van der Waals surface area contributed by atoms with E-state index < -0.39 is 5.91 Å². The highest BCUT2D eigenvalue weighted by molar-refractivity contribution is 6.33. The predicted molar refractivity (Wildman–Crippen MR) is 157 cm³/mol. The summed E-state index contributed by atoms with van der Waals surface area (Å²) in [6.45, 7) is 7.34. The van der Waals surface area contributed by atoms with Crippen LogP contribution in [0.2, 0.25) is 5.02 Å². The van der Waals surface area contributed by atoms with Crippen LogP contribution in [0.15, 0.2) is 30.3 Å². The molecule has 1 aromatic carbocycles. The molecule has 1 aromatic heterocycles. The Morgan fingerprint density at radius 2 is 1.80 bits per heavy atom. The molecule has 0 spiro atoms. The maximum absolute atomic E-state index is 12.2. The smallest absolute Gasteiger partial charge is 0.338 e. The molecule has 0 bridgehead atoms. The number of primary amides is 1. The van der Waals surface area contributed by atoms with E-state index in [2.05, 4.69) is 20.5 Å². The predicted octanol–water partition coefficient (Wildman–Crippen LogP) is 2.20. The van der Waals surface area contributed by atoms with E-state index >= 15 is 0 Å². The first-order valence-corrected chi connectivity index (χ1v) is 13.9. The Labute approximate surface area is 241 Å². The van der Waals surface area contributed by atoms with Crippen molar-refractivity contribution >= 4 is 29.3 Å². The number of aromatic nitrogens is 1. The van der Waals surface area contributed by atoms with E-state index in [0.29, 0.717) is 5.56 Å². The summed E-state index contributed by atoms with van der Waals surface area (Å²) in [6.07, 6.45) is 5.94. The summed E-state index contributed by atoms with van der Waals surface area (Å²) < 4.78 is 10.4. The lowest BCUT2D eigenvalue weighted by atomic mass is 10.1. The number of benzene rings is 1. The molecule has 2 aliphatic heterocycles. The van der Waals surface area contributed by atoms with Gasteiger partial charge in [0.1, 0.15) is 17.5 Å². The van der Waals surface area contributed by atoms with Gasteiger partial charge < -0.3 is 41.6 Å². The standard InChI is InChI=1S/C20H31N3O2.C7H8ClN3O2.CH4O/c24-20(25-19-8-10-21-11-9-19)18-6-4-17(5-7-18)16-22-12-15-23-13-2-1-3-14-23;1-13-7-3(6(10)12)2-4(8)5(9)11-7;1-2/h4-7,19,21-22H,1-3,8-16H2;2H,1H3,(H2,9,11)(H2,10,12);2H,1H3. The zero-order chi connectivity index (χ0) is 29.3. The molecular weight excluding hydrogens is 536 g/mol. The number of nitrogen functional groups attached to an aromatic ring is 1. The van der Waals surface area contributed by atoms with Crippen LogP contribution >= 0.6 is 11.6 Å². The van der Waals surface area contributed by atoms with Crippen molar-refractivity contribution in [2.45, 2.75) is 44.8 Å². The van der Waals surface area contributed by atoms with Crippen molar-refractivity contribution in [3.63, 3.8) is 0 Å². The number of hydrogen-bond donors (Lipinski definition) is 5. The summed E-state index contributed by atoms with van der Waals surface area (Å²) in [5, 5.41) is 14.0. The molecule has 4 rings (SSSR count). The number of likely N-dealkylation sites (tertiary alicyclic amines) is 1. The molecule has 0 saturated carbocycles. The van der Waals surface area contributed by atoms with E-state index in [0.717, 1.165) is 52.7 Å². The van der Waals surface area contributed by atoms with Gasteiger partial charge in [-0.1, -0.05) is 30.2 Å². The van der Waals surface area contributed by atoms with E-state index in [1.807, 2.05) is 24.3 Å². The number of nitrogens with two attached hydrogens (primary N) is 2. The molecule has 12 heteroatoms. The van der Waals surface area contributed by atoms with Crippen LogP contribution in [0.25, 0.3) is 0 Å². The number of nitrogens with zero attached hydrogens (tertiary/aromatic N) is 2. The van der Waals surface area contributed by atoms with Crippen LogP contribution in [0.3, 0.4) is 0 Å². The molecule has 0 aliphatic carbocycles. The van der Waals surface area contributed by atoms with Gasteiger partial charge in [-0.25, -0.2) is 4.79 Å². The second kappa shape index (κ2) is 18.4. The summed E-state index contributed by atoms with van der Waals surface area (Å²) in [5.41, 5.74) is 12.4. The Morgan fingerprint density at radius 3 is 2.40 bits per heavy atom. The number of aliphatic hydroxyl groups is 1. The van der Waals surface area contributed by atoms with Gasteiger partial charge in [-0.3, -0.25) is 4.79 Å². The van der Waals surface area contributed by atoms with Crippen LogP contribution in [0.1, 0.15) is 58.4 Å². The van der Waals surface area contributed by atoms with Crippen molar-refractivity contribution < 1.29 is 24.2 Å². The van der Waals surface area contributed by atoms with Gasteiger partial charge in [0.25, 0.3) is 5.91 Å². The second-order valence-electron chi connectivity index (χ2n) is 9.41. The van der Waals surface area contributed by atoms with E-state index in [9.17, 15) is 9.59 Å². The Balaban J connectivity index is 0.000000315. The van der Waals surface area contributed by atoms with Crippen molar-refractivity contribution in [1.29, 1.82) is 0 Å². The average molecular weight is 579 g/mol. The van der Waals surface area contributed by atoms with E-state index in [1.54, 1.807) is 0 Å². The Kier molecular flexibility index (Phi) is 15.3. The molecule has 40 heavy (non-hydrogen) atoms. The average Bonchev–Trinajstić information content (AvgIpc) is 2.99. The van der Waals surface area contributed by atoms with E-state index in [-0.39, 0.29) is 34.4 Å². The van der Waals surface area contributed by atoms with Gasteiger partial charge in [-0.05, 0) is 75.6 Å². The molecule has 2 aliphatic rings. The lowest BCUT2D eigenvalue weighted by molar-refractivity contribution is 0.0229. The zero-order valence-electron chi connectivity index (χ0n) is 23.5. The van der Waals surface area contributed by atoms with Crippen LogP contribution in [-0.4, -0.2) is 86.5 Å². The molecule has 0 radical (unpaired) electrons. The molecule has 0 atom stereocenters. The Hall–Kier alpha value is -2.96. The number of carbonyl (C=O) groups excluding carboxylic acids is 2. The van der Waals surface area contributed by atoms with Crippen LogP contribution in [0.4, 0.5) is 5.82 Å². The fourth-order valence-electron chi connectivity index (χ4n) is 4.36. The summed E-state index contributed by atoms with van der Waals surface area (Å²) in [5.74, 6) is -0.680. The normalized spacial score (nSPS) is 15.6. The first-order valence-electron chi connectivity index (χ1n) is 13.6. The first kappa shape index (κ1) is 33.2. The number of hydrogen-bond acceptors (Lipinski definition) is 10. The van der Waals surface area contributed by atoms with Crippen LogP contribution in [0, 0.1) is 0 Å². The third kappa shape index (κ3) is 11.3. The lowest BCUT2D eigenvalue weighted by Gasteiger charge is -2.26. The third-order valence-electron chi connectivity index (χ3n) is 6.56. The molecule has 222 valence electrons. The summed E-state index contributed by atoms with van der Waals surface area (Å²) in [7, 11) is 2.36. The SMILES string of the molecule is CO.COc1nc(N)c(Cl)cc1C(N)=O.O=C(OC1CCNCC1)c1ccc(CNCCN2CCCCC2)cc1. The highest BCUT2D eigenvalue weighted by Crippen LogP contribution is 2.24. The number of halogens is 1. The van der Waals surface area contributed by atoms with E-state index in [1.165, 1.54) is 51.1 Å². The van der Waals surface area contributed by atoms with Crippen LogP contribution in [0.5, 0.6) is 5.88 Å². The summed E-state index contributed by atoms with van der Waals surface area (Å²) >= 11 is 5.64. The van der Waals surface area contributed by atoms with Gasteiger partial charge in [-0.15, -0.1) is 0 Å². The molecule has 2 fully saturated rings. The van der Waals surface area contributed by atoms with Crippen molar-refractivity contribution in [1.82, 2.24) is 20.5 Å². The number of amides is 1. The van der Waals surface area contributed by atoms with Crippen molar-refractivity contribution in [2.75, 3.05) is 59.2 Å². The maximum Gasteiger partial charge on any atom is 0.338 e. The van der Waals surface area contributed by atoms with Gasteiger partial charge >= 0.3 is 5.97 Å². The highest BCUT2D eigenvalue weighted by atomic mass is 35.5. The Morgan fingerprint density at radius 1 is 1.15 bits per heavy atom. The van der Waals surface area contributed by atoms with Crippen molar-refractivity contribution in [3.05, 3.63) is 52.0 Å². The number of piperidine rings is 2. The quantitative estimate of drug-likeness (QED) is 0.220. The third-order valence-corrected chi connectivity index (χ3v) is 6.86. The lowest BCUT2D eigenvalue weighted by Crippen LogP contribution is -2.35. The number of rotatable bonds is 9. The molecule has 7 N–H and O–H groups in total. The largest absolute Gasteiger partial charge is 0.480 e. The van der Waals surface area contributed by atoms with Gasteiger partial charge in [0, 0.05) is 26.7 Å². The van der Waals surface area contributed by atoms with Gasteiger partial charge in [0.15, 0.2) is 0 Å². The molecule has 0 unspecified atom stereocenters. The second-order valence-corrected chi connectivity index (χ2v) is 9.81. The van der Waals surface area contributed by atoms with Crippen molar-refractivity contribution in [2.24, 2.45) is 5.73 Å². The fraction of sp³-hybridized carbons (Fsp3) is 0.536. The van der Waals surface area contributed by atoms with Gasteiger partial charge in [-0.2, -0.15) is 4.98 Å². The topological polar surface area (TPSA) is 165 Å².